The summed E-state index contributed by atoms with van der Waals surface area (Å²) in [5, 5.41) is 21.5. The molecule has 1 aromatic rings. The van der Waals surface area contributed by atoms with Gasteiger partial charge in [-0.25, -0.2) is 0 Å². The molecule has 0 heterocycles. The van der Waals surface area contributed by atoms with E-state index in [1.807, 2.05) is 6.07 Å². The number of ether oxygens (including phenoxy) is 1. The normalized spacial score (nSPS) is 11.0. The van der Waals surface area contributed by atoms with Crippen LogP contribution in [0.2, 0.25) is 0 Å². The van der Waals surface area contributed by atoms with Crippen molar-refractivity contribution in [1.82, 2.24) is 5.32 Å². The highest BCUT2D eigenvalue weighted by Gasteiger charge is 2.09. The van der Waals surface area contributed by atoms with Crippen molar-refractivity contribution in [2.75, 3.05) is 20.3 Å². The van der Waals surface area contributed by atoms with Crippen molar-refractivity contribution in [2.45, 2.75) is 20.3 Å². The Morgan fingerprint density at radius 1 is 1.43 bits per heavy atom. The zero-order valence-electron chi connectivity index (χ0n) is 12.6. The molecule has 0 saturated carbocycles. The van der Waals surface area contributed by atoms with Crippen LogP contribution in [0.25, 0.3) is 6.08 Å². The van der Waals surface area contributed by atoms with Gasteiger partial charge in [0.1, 0.15) is 17.4 Å². The van der Waals surface area contributed by atoms with Crippen LogP contribution in [-0.2, 0) is 9.53 Å². The third-order valence-electron chi connectivity index (χ3n) is 3.00. The molecule has 5 heteroatoms. The second kappa shape index (κ2) is 8.08. The van der Waals surface area contributed by atoms with Crippen molar-refractivity contribution < 1.29 is 14.6 Å². The van der Waals surface area contributed by atoms with E-state index >= 15 is 0 Å². The summed E-state index contributed by atoms with van der Waals surface area (Å²) in [5.41, 5.74) is 2.17. The highest BCUT2D eigenvalue weighted by atomic mass is 16.5. The summed E-state index contributed by atoms with van der Waals surface area (Å²) in [7, 11) is 1.60. The number of benzene rings is 1. The summed E-state index contributed by atoms with van der Waals surface area (Å²) in [6.07, 6.45) is 2.21. The Morgan fingerprint density at radius 2 is 2.05 bits per heavy atom. The van der Waals surface area contributed by atoms with E-state index in [1.165, 1.54) is 6.08 Å². The lowest BCUT2D eigenvalue weighted by Gasteiger charge is -2.06. The second-order valence-corrected chi connectivity index (χ2v) is 4.78. The quantitative estimate of drug-likeness (QED) is 0.477. The molecule has 0 atom stereocenters. The molecular formula is C16H20N2O3. The molecule has 0 fully saturated rings. The summed E-state index contributed by atoms with van der Waals surface area (Å²) < 4.78 is 4.89. The topological polar surface area (TPSA) is 82.3 Å². The van der Waals surface area contributed by atoms with Crippen molar-refractivity contribution >= 4 is 12.0 Å². The van der Waals surface area contributed by atoms with E-state index in [-0.39, 0.29) is 11.3 Å². The summed E-state index contributed by atoms with van der Waals surface area (Å²) in [6, 6.07) is 5.37. The van der Waals surface area contributed by atoms with Crippen molar-refractivity contribution in [1.29, 1.82) is 5.26 Å². The van der Waals surface area contributed by atoms with Crippen LogP contribution < -0.4 is 5.32 Å². The monoisotopic (exact) mass is 288 g/mol. The fourth-order valence-electron chi connectivity index (χ4n) is 1.90. The van der Waals surface area contributed by atoms with Crippen LogP contribution in [0.4, 0.5) is 0 Å². The minimum absolute atomic E-state index is 0.0388. The van der Waals surface area contributed by atoms with Gasteiger partial charge in [0.05, 0.1) is 0 Å². The first-order valence-corrected chi connectivity index (χ1v) is 6.68. The van der Waals surface area contributed by atoms with E-state index in [9.17, 15) is 9.90 Å². The van der Waals surface area contributed by atoms with Crippen molar-refractivity contribution in [3.8, 4) is 11.8 Å². The molecule has 112 valence electrons. The number of carbonyl (C=O) groups excluding carboxylic acids is 1. The van der Waals surface area contributed by atoms with Gasteiger partial charge in [0.15, 0.2) is 0 Å². The Labute approximate surface area is 124 Å². The fourth-order valence-corrected chi connectivity index (χ4v) is 1.90. The predicted molar refractivity (Wildman–Crippen MR) is 80.7 cm³/mol. The average Bonchev–Trinajstić information content (AvgIpc) is 2.46. The maximum atomic E-state index is 11.9. The summed E-state index contributed by atoms with van der Waals surface area (Å²) in [5.74, 6) is -0.174. The van der Waals surface area contributed by atoms with Crippen LogP contribution >= 0.6 is 0 Å². The number of rotatable bonds is 6. The molecule has 1 amide bonds. The lowest BCUT2D eigenvalue weighted by Crippen LogP contribution is -2.26. The molecule has 2 N–H and O–H groups in total. The highest BCUT2D eigenvalue weighted by Crippen LogP contribution is 2.24. The number of carbonyl (C=O) groups is 1. The minimum Gasteiger partial charge on any atom is -0.507 e. The largest absolute Gasteiger partial charge is 0.507 e. The minimum atomic E-state index is -0.406. The van der Waals surface area contributed by atoms with Crippen molar-refractivity contribution in [3.63, 3.8) is 0 Å². The van der Waals surface area contributed by atoms with Crippen LogP contribution in [0.15, 0.2) is 17.7 Å². The zero-order chi connectivity index (χ0) is 15.8. The Kier molecular flexibility index (Phi) is 6.44. The van der Waals surface area contributed by atoms with Crippen molar-refractivity contribution in [2.24, 2.45) is 0 Å². The Bertz CT molecular complexity index is 563. The van der Waals surface area contributed by atoms with Gasteiger partial charge in [0.25, 0.3) is 5.91 Å². The van der Waals surface area contributed by atoms with Gasteiger partial charge in [0.2, 0.25) is 0 Å². The number of phenols is 1. The van der Waals surface area contributed by atoms with E-state index in [0.717, 1.165) is 0 Å². The van der Waals surface area contributed by atoms with Gasteiger partial charge in [-0.2, -0.15) is 5.26 Å². The van der Waals surface area contributed by atoms with Crippen molar-refractivity contribution in [3.05, 3.63) is 34.4 Å². The van der Waals surface area contributed by atoms with Crippen LogP contribution in [0, 0.1) is 25.2 Å². The zero-order valence-corrected chi connectivity index (χ0v) is 12.6. The first-order chi connectivity index (χ1) is 9.99. The van der Waals surface area contributed by atoms with Gasteiger partial charge in [0, 0.05) is 20.3 Å². The molecular weight excluding hydrogens is 268 g/mol. The van der Waals surface area contributed by atoms with Crippen LogP contribution in [0.5, 0.6) is 5.75 Å². The van der Waals surface area contributed by atoms with Gasteiger partial charge in [-0.05, 0) is 55.2 Å². The molecule has 0 bridgehead atoms. The fraction of sp³-hybridized carbons (Fsp3) is 0.375. The predicted octanol–water partition coefficient (Wildman–Crippen LogP) is 2.07. The van der Waals surface area contributed by atoms with Crippen LogP contribution in [0.3, 0.4) is 0 Å². The molecule has 0 radical (unpaired) electrons. The second-order valence-electron chi connectivity index (χ2n) is 4.78. The summed E-state index contributed by atoms with van der Waals surface area (Å²) in [6.45, 7) is 4.56. The average molecular weight is 288 g/mol. The number of nitrogens with zero attached hydrogens (tertiary/aromatic N) is 1. The number of nitriles is 1. The van der Waals surface area contributed by atoms with Crippen LogP contribution in [0.1, 0.15) is 23.1 Å². The van der Waals surface area contributed by atoms with E-state index in [4.69, 9.17) is 10.00 Å². The number of hydrogen-bond donors (Lipinski definition) is 2. The Balaban J connectivity index is 2.84. The number of hydrogen-bond acceptors (Lipinski definition) is 4. The molecule has 0 aliphatic rings. The smallest absolute Gasteiger partial charge is 0.261 e. The molecule has 0 aliphatic carbocycles. The number of aromatic hydroxyl groups is 1. The van der Waals surface area contributed by atoms with Gasteiger partial charge >= 0.3 is 0 Å². The van der Waals surface area contributed by atoms with E-state index in [2.05, 4.69) is 5.32 Å². The van der Waals surface area contributed by atoms with E-state index in [1.54, 1.807) is 33.1 Å². The summed E-state index contributed by atoms with van der Waals surface area (Å²) in [4.78, 5) is 11.9. The third kappa shape index (κ3) is 4.93. The van der Waals surface area contributed by atoms with Gasteiger partial charge in [-0.15, -0.1) is 0 Å². The SMILES string of the molecule is COCCCNC(=O)/C(C#N)=C\c1cc(C)c(O)c(C)c1. The van der Waals surface area contributed by atoms with E-state index < -0.39 is 5.91 Å². The number of amides is 1. The van der Waals surface area contributed by atoms with E-state index in [0.29, 0.717) is 36.3 Å². The molecule has 0 aromatic heterocycles. The highest BCUT2D eigenvalue weighted by molar-refractivity contribution is 6.01. The van der Waals surface area contributed by atoms with Gasteiger partial charge in [-0.3, -0.25) is 4.79 Å². The molecule has 21 heavy (non-hydrogen) atoms. The first-order valence-electron chi connectivity index (χ1n) is 6.68. The lowest BCUT2D eigenvalue weighted by molar-refractivity contribution is -0.117. The van der Waals surface area contributed by atoms with Gasteiger partial charge < -0.3 is 15.2 Å². The lowest BCUT2D eigenvalue weighted by atomic mass is 10.0. The number of aryl methyl sites for hydroxylation is 2. The molecule has 1 rings (SSSR count). The molecule has 0 spiro atoms. The standard InChI is InChI=1S/C16H20N2O3/c1-11-7-13(8-12(2)15(11)19)9-14(10-17)16(20)18-5-4-6-21-3/h7-9,19H,4-6H2,1-3H3,(H,18,20)/b14-9-. The van der Waals surface area contributed by atoms with Gasteiger partial charge in [-0.1, -0.05) is 0 Å². The Hall–Kier alpha value is -2.32. The maximum Gasteiger partial charge on any atom is 0.261 e. The first kappa shape index (κ1) is 16.7. The van der Waals surface area contributed by atoms with Crippen LogP contribution in [-0.4, -0.2) is 31.3 Å². The number of phenolic OH excluding ortho intramolecular Hbond substituents is 1. The maximum absolute atomic E-state index is 11.9. The number of methoxy groups -OCH3 is 1. The third-order valence-corrected chi connectivity index (χ3v) is 3.00. The number of nitrogens with one attached hydrogen (secondary N) is 1. The summed E-state index contributed by atoms with van der Waals surface area (Å²) >= 11 is 0. The molecule has 0 aliphatic heterocycles. The Morgan fingerprint density at radius 3 is 2.57 bits per heavy atom. The molecule has 0 saturated heterocycles. The molecule has 5 nitrogen and oxygen atoms in total. The molecule has 0 unspecified atom stereocenters. The molecule has 1 aromatic carbocycles.